The van der Waals surface area contributed by atoms with E-state index in [1.807, 2.05) is 0 Å². The first kappa shape index (κ1) is 13.3. The molecule has 2 N–H and O–H groups in total. The number of carboxylic acid groups (broad SMARTS) is 1. The summed E-state index contributed by atoms with van der Waals surface area (Å²) in [7, 11) is 2.08. The molecular formula is C13H22N2O3. The largest absolute Gasteiger partial charge is 0.481 e. The third kappa shape index (κ3) is 3.45. The fraction of sp³-hybridized carbons (Fsp3) is 0.846. The first-order valence-corrected chi connectivity index (χ1v) is 6.78. The van der Waals surface area contributed by atoms with Gasteiger partial charge >= 0.3 is 5.97 Å². The highest BCUT2D eigenvalue weighted by Crippen LogP contribution is 2.31. The third-order valence-electron chi connectivity index (χ3n) is 4.09. The molecule has 0 bridgehead atoms. The number of carboxylic acids is 1. The molecule has 0 aliphatic heterocycles. The molecule has 0 aromatic carbocycles. The van der Waals surface area contributed by atoms with Crippen LogP contribution >= 0.6 is 0 Å². The maximum atomic E-state index is 11.9. The van der Waals surface area contributed by atoms with Crippen LogP contribution < -0.4 is 5.32 Å². The van der Waals surface area contributed by atoms with E-state index in [0.29, 0.717) is 31.8 Å². The SMILES string of the molecule is CN(CCNC(=O)[C@@H]1CC[C@H](C(=O)O)C1)C1CC1. The minimum absolute atomic E-state index is 0.0305. The lowest BCUT2D eigenvalue weighted by Gasteiger charge is -2.17. The fourth-order valence-corrected chi connectivity index (χ4v) is 2.64. The van der Waals surface area contributed by atoms with Gasteiger partial charge in [0.15, 0.2) is 0 Å². The molecule has 2 rings (SSSR count). The smallest absolute Gasteiger partial charge is 0.306 e. The molecule has 0 aromatic heterocycles. The van der Waals surface area contributed by atoms with E-state index in [-0.39, 0.29) is 17.7 Å². The van der Waals surface area contributed by atoms with Crippen molar-refractivity contribution in [2.24, 2.45) is 11.8 Å². The standard InChI is InChI=1S/C13H22N2O3/c1-15(11-4-5-11)7-6-14-12(16)9-2-3-10(8-9)13(17)18/h9-11H,2-8H2,1H3,(H,14,16)(H,17,18)/t9-,10+/m1/s1. The topological polar surface area (TPSA) is 69.6 Å². The summed E-state index contributed by atoms with van der Waals surface area (Å²) >= 11 is 0. The first-order chi connectivity index (χ1) is 8.58. The van der Waals surface area contributed by atoms with Crippen LogP contribution in [0, 0.1) is 11.8 Å². The monoisotopic (exact) mass is 254 g/mol. The van der Waals surface area contributed by atoms with Gasteiger partial charge in [0, 0.05) is 25.0 Å². The zero-order valence-electron chi connectivity index (χ0n) is 10.9. The van der Waals surface area contributed by atoms with Crippen LogP contribution in [0.2, 0.25) is 0 Å². The van der Waals surface area contributed by atoms with Crippen LogP contribution in [0.3, 0.4) is 0 Å². The number of aliphatic carboxylic acids is 1. The normalized spacial score (nSPS) is 27.4. The Morgan fingerprint density at radius 3 is 2.44 bits per heavy atom. The number of nitrogens with one attached hydrogen (secondary N) is 1. The second kappa shape index (κ2) is 5.69. The molecular weight excluding hydrogens is 232 g/mol. The Bertz CT molecular complexity index is 328. The zero-order chi connectivity index (χ0) is 13.1. The summed E-state index contributed by atoms with van der Waals surface area (Å²) in [6, 6.07) is 0.713. The number of hydrogen-bond donors (Lipinski definition) is 2. The molecule has 18 heavy (non-hydrogen) atoms. The van der Waals surface area contributed by atoms with Crippen molar-refractivity contribution in [3.05, 3.63) is 0 Å². The maximum absolute atomic E-state index is 11.9. The lowest BCUT2D eigenvalue weighted by Crippen LogP contribution is -2.36. The van der Waals surface area contributed by atoms with Crippen molar-refractivity contribution >= 4 is 11.9 Å². The molecule has 2 aliphatic carbocycles. The number of amides is 1. The van der Waals surface area contributed by atoms with Crippen molar-refractivity contribution in [3.8, 4) is 0 Å². The van der Waals surface area contributed by atoms with E-state index in [1.165, 1.54) is 12.8 Å². The zero-order valence-corrected chi connectivity index (χ0v) is 10.9. The van der Waals surface area contributed by atoms with Gasteiger partial charge in [-0.3, -0.25) is 9.59 Å². The van der Waals surface area contributed by atoms with Crippen molar-refractivity contribution in [2.45, 2.75) is 38.1 Å². The number of rotatable bonds is 6. The number of carbonyl (C=O) groups excluding carboxylic acids is 1. The van der Waals surface area contributed by atoms with E-state index in [1.54, 1.807) is 0 Å². The van der Waals surface area contributed by atoms with Gasteiger partial charge in [0.2, 0.25) is 5.91 Å². The third-order valence-corrected chi connectivity index (χ3v) is 4.09. The van der Waals surface area contributed by atoms with Gasteiger partial charge in [-0.1, -0.05) is 0 Å². The summed E-state index contributed by atoms with van der Waals surface area (Å²) in [5.74, 6) is -1.16. The molecule has 1 amide bonds. The molecule has 0 aromatic rings. The summed E-state index contributed by atoms with van der Waals surface area (Å²) in [4.78, 5) is 24.9. The molecule has 102 valence electrons. The average Bonchev–Trinajstić information content (AvgIpc) is 3.05. The van der Waals surface area contributed by atoms with Gasteiger partial charge in [-0.15, -0.1) is 0 Å². The molecule has 2 atom stereocenters. The van der Waals surface area contributed by atoms with E-state index < -0.39 is 5.97 Å². The molecule has 5 heteroatoms. The van der Waals surface area contributed by atoms with Crippen LogP contribution in [-0.2, 0) is 9.59 Å². The summed E-state index contributed by atoms with van der Waals surface area (Å²) < 4.78 is 0. The predicted octanol–water partition coefficient (Wildman–Crippen LogP) is 0.698. The van der Waals surface area contributed by atoms with E-state index in [2.05, 4.69) is 17.3 Å². The summed E-state index contributed by atoms with van der Waals surface area (Å²) in [6.07, 6.45) is 4.39. The minimum atomic E-state index is -0.765. The molecule has 0 heterocycles. The van der Waals surface area contributed by atoms with Crippen LogP contribution in [0.1, 0.15) is 32.1 Å². The van der Waals surface area contributed by atoms with Crippen molar-refractivity contribution in [1.29, 1.82) is 0 Å². The number of hydrogen-bond acceptors (Lipinski definition) is 3. The van der Waals surface area contributed by atoms with Crippen molar-refractivity contribution < 1.29 is 14.7 Å². The van der Waals surface area contributed by atoms with Crippen LogP contribution in [0.5, 0.6) is 0 Å². The van der Waals surface area contributed by atoms with Gasteiger partial charge in [-0.2, -0.15) is 0 Å². The van der Waals surface area contributed by atoms with Crippen LogP contribution in [0.25, 0.3) is 0 Å². The molecule has 0 unspecified atom stereocenters. The molecule has 0 spiro atoms. The molecule has 5 nitrogen and oxygen atoms in total. The lowest BCUT2D eigenvalue weighted by molar-refractivity contribution is -0.141. The average molecular weight is 254 g/mol. The molecule has 2 saturated carbocycles. The van der Waals surface area contributed by atoms with Gasteiger partial charge in [0.25, 0.3) is 0 Å². The molecule has 2 fully saturated rings. The number of carbonyl (C=O) groups is 2. The second-order valence-electron chi connectivity index (χ2n) is 5.55. The minimum Gasteiger partial charge on any atom is -0.481 e. The quantitative estimate of drug-likeness (QED) is 0.732. The van der Waals surface area contributed by atoms with Crippen LogP contribution in [-0.4, -0.2) is 48.1 Å². The lowest BCUT2D eigenvalue weighted by atomic mass is 10.0. The highest BCUT2D eigenvalue weighted by atomic mass is 16.4. The predicted molar refractivity (Wildman–Crippen MR) is 67.1 cm³/mol. The Morgan fingerprint density at radius 2 is 1.89 bits per heavy atom. The Kier molecular flexibility index (Phi) is 4.22. The molecule has 0 saturated heterocycles. The first-order valence-electron chi connectivity index (χ1n) is 6.78. The molecule has 0 radical (unpaired) electrons. The van der Waals surface area contributed by atoms with Crippen LogP contribution in [0.15, 0.2) is 0 Å². The van der Waals surface area contributed by atoms with Crippen molar-refractivity contribution in [2.75, 3.05) is 20.1 Å². The van der Waals surface area contributed by atoms with Gasteiger partial charge in [0.1, 0.15) is 0 Å². The second-order valence-corrected chi connectivity index (χ2v) is 5.55. The summed E-state index contributed by atoms with van der Waals surface area (Å²) in [6.45, 7) is 1.55. The van der Waals surface area contributed by atoms with E-state index >= 15 is 0 Å². The van der Waals surface area contributed by atoms with Gasteiger partial charge < -0.3 is 15.3 Å². The Morgan fingerprint density at radius 1 is 1.22 bits per heavy atom. The number of nitrogens with zero attached hydrogens (tertiary/aromatic N) is 1. The summed E-state index contributed by atoms with van der Waals surface area (Å²) in [5.41, 5.74) is 0. The highest BCUT2D eigenvalue weighted by Gasteiger charge is 2.33. The Hall–Kier alpha value is -1.10. The Balaban J connectivity index is 1.64. The van der Waals surface area contributed by atoms with Crippen LogP contribution in [0.4, 0.5) is 0 Å². The van der Waals surface area contributed by atoms with E-state index in [9.17, 15) is 9.59 Å². The highest BCUT2D eigenvalue weighted by molar-refractivity contribution is 5.80. The van der Waals surface area contributed by atoms with E-state index in [0.717, 1.165) is 6.54 Å². The van der Waals surface area contributed by atoms with Gasteiger partial charge in [-0.05, 0) is 39.2 Å². The van der Waals surface area contributed by atoms with Crippen molar-refractivity contribution in [1.82, 2.24) is 10.2 Å². The Labute approximate surface area is 108 Å². The number of likely N-dealkylation sites (N-methyl/N-ethyl adjacent to an activating group) is 1. The van der Waals surface area contributed by atoms with Gasteiger partial charge in [0.05, 0.1) is 5.92 Å². The fourth-order valence-electron chi connectivity index (χ4n) is 2.64. The van der Waals surface area contributed by atoms with Crippen molar-refractivity contribution in [3.63, 3.8) is 0 Å². The summed E-state index contributed by atoms with van der Waals surface area (Å²) in [5, 5.41) is 11.8. The van der Waals surface area contributed by atoms with E-state index in [4.69, 9.17) is 5.11 Å². The van der Waals surface area contributed by atoms with Gasteiger partial charge in [-0.25, -0.2) is 0 Å². The molecule has 2 aliphatic rings. The maximum Gasteiger partial charge on any atom is 0.306 e.